The third-order valence-electron chi connectivity index (χ3n) is 9.97. The molecule has 0 saturated carbocycles. The molecular formula is C34H40ClFN8O3. The lowest BCUT2D eigenvalue weighted by molar-refractivity contribution is -0.111. The minimum absolute atomic E-state index is 0.0720. The number of piperazine rings is 1. The van der Waals surface area contributed by atoms with Gasteiger partial charge in [0.1, 0.15) is 23.7 Å². The van der Waals surface area contributed by atoms with Crippen molar-refractivity contribution in [1.82, 2.24) is 19.8 Å². The van der Waals surface area contributed by atoms with Crippen molar-refractivity contribution in [2.75, 3.05) is 67.5 Å². The highest BCUT2D eigenvalue weighted by Crippen LogP contribution is 2.41. The molecule has 11 nitrogen and oxygen atoms in total. The lowest BCUT2D eigenvalue weighted by atomic mass is 10.0. The zero-order valence-corrected chi connectivity index (χ0v) is 27.4. The van der Waals surface area contributed by atoms with Crippen molar-refractivity contribution in [1.29, 1.82) is 0 Å². The van der Waals surface area contributed by atoms with Gasteiger partial charge in [-0.3, -0.25) is 14.5 Å². The first-order valence-corrected chi connectivity index (χ1v) is 16.5. The van der Waals surface area contributed by atoms with Crippen molar-refractivity contribution in [3.63, 3.8) is 0 Å². The molecule has 5 heterocycles. The molecule has 0 aliphatic carbocycles. The number of likely N-dealkylation sites (N-methyl/N-ethyl adjacent to an activating group) is 1. The quantitative estimate of drug-likeness (QED) is 0.291. The van der Waals surface area contributed by atoms with E-state index in [1.165, 1.54) is 24.9 Å². The maximum Gasteiger partial charge on any atom is 0.247 e. The van der Waals surface area contributed by atoms with E-state index in [1.54, 1.807) is 30.4 Å². The Labute approximate surface area is 279 Å². The molecule has 2 bridgehead atoms. The van der Waals surface area contributed by atoms with Gasteiger partial charge >= 0.3 is 0 Å². The Kier molecular flexibility index (Phi) is 8.93. The average molecular weight is 663 g/mol. The van der Waals surface area contributed by atoms with Gasteiger partial charge in [0.15, 0.2) is 5.82 Å². The number of amides is 1. The van der Waals surface area contributed by atoms with Gasteiger partial charge in [-0.25, -0.2) is 19.4 Å². The Morgan fingerprint density at radius 3 is 2.62 bits per heavy atom. The van der Waals surface area contributed by atoms with Gasteiger partial charge in [-0.1, -0.05) is 24.2 Å². The van der Waals surface area contributed by atoms with E-state index in [4.69, 9.17) is 21.2 Å². The van der Waals surface area contributed by atoms with Gasteiger partial charge in [0, 0.05) is 62.9 Å². The Morgan fingerprint density at radius 1 is 1.09 bits per heavy atom. The van der Waals surface area contributed by atoms with E-state index in [-0.39, 0.29) is 17.0 Å². The van der Waals surface area contributed by atoms with E-state index in [9.17, 15) is 9.18 Å². The molecule has 0 spiro atoms. The predicted octanol–water partition coefficient (Wildman–Crippen LogP) is 5.39. The van der Waals surface area contributed by atoms with Crippen LogP contribution in [0.25, 0.3) is 0 Å². The number of rotatable bonds is 9. The van der Waals surface area contributed by atoms with Gasteiger partial charge in [-0.2, -0.15) is 0 Å². The molecule has 4 saturated heterocycles. The fraction of sp³-hybridized carbons (Fsp3) is 0.441. The second-order valence-corrected chi connectivity index (χ2v) is 13.1. The summed E-state index contributed by atoms with van der Waals surface area (Å²) >= 11 is 5.92. The second kappa shape index (κ2) is 13.3. The van der Waals surface area contributed by atoms with Gasteiger partial charge in [-0.15, -0.1) is 0 Å². The Balaban J connectivity index is 1.11. The first kappa shape index (κ1) is 31.6. The molecule has 47 heavy (non-hydrogen) atoms. The van der Waals surface area contributed by atoms with E-state index in [0.717, 1.165) is 50.3 Å². The van der Waals surface area contributed by atoms with Crippen LogP contribution in [0.5, 0.6) is 5.75 Å². The van der Waals surface area contributed by atoms with Crippen LogP contribution in [-0.4, -0.2) is 90.7 Å². The van der Waals surface area contributed by atoms with Crippen LogP contribution in [0.4, 0.5) is 33.1 Å². The van der Waals surface area contributed by atoms with E-state index < -0.39 is 5.82 Å². The molecule has 4 aliphatic heterocycles. The predicted molar refractivity (Wildman–Crippen MR) is 181 cm³/mol. The van der Waals surface area contributed by atoms with E-state index in [1.807, 2.05) is 12.1 Å². The number of halogens is 2. The average Bonchev–Trinajstić information content (AvgIpc) is 3.83. The smallest absolute Gasteiger partial charge is 0.247 e. The number of benzene rings is 2. The maximum absolute atomic E-state index is 14.3. The largest absolute Gasteiger partial charge is 0.494 e. The Hall–Kier alpha value is -3.97. The Morgan fingerprint density at radius 2 is 1.91 bits per heavy atom. The number of aromatic nitrogens is 2. The highest BCUT2D eigenvalue weighted by Gasteiger charge is 2.44. The monoisotopic (exact) mass is 662 g/mol. The molecule has 13 heteroatoms. The first-order chi connectivity index (χ1) is 22.8. The SMILES string of the molecule is C=CC(=O)Nc1cc(Nc2cc(N3OCC[C@@H]3c3ccc(Cl)c(F)c3)ncn2)c(OC)cc1N1CCC(N2C[C@@H]3C[C@H]2CN3C)CC1. The number of likely N-dealkylation sites (tertiary alicyclic amines) is 2. The number of nitrogens with zero attached hydrogens (tertiary/aromatic N) is 6. The number of piperidine rings is 1. The van der Waals surface area contributed by atoms with E-state index >= 15 is 0 Å². The molecule has 7 rings (SSSR count). The summed E-state index contributed by atoms with van der Waals surface area (Å²) in [6.07, 6.45) is 6.77. The molecule has 1 aromatic heterocycles. The van der Waals surface area contributed by atoms with Crippen molar-refractivity contribution in [2.24, 2.45) is 0 Å². The lowest BCUT2D eigenvalue weighted by Crippen LogP contribution is -2.52. The third-order valence-corrected chi connectivity index (χ3v) is 10.3. The molecule has 4 fully saturated rings. The van der Waals surface area contributed by atoms with Crippen LogP contribution in [0, 0.1) is 5.82 Å². The number of hydroxylamine groups is 1. The normalized spacial score (nSPS) is 23.4. The minimum atomic E-state index is -0.480. The summed E-state index contributed by atoms with van der Waals surface area (Å²) in [5.74, 6) is 0.828. The topological polar surface area (TPSA) is 98.3 Å². The summed E-state index contributed by atoms with van der Waals surface area (Å²) in [4.78, 5) is 34.9. The number of carbonyl (C=O) groups excluding carboxylic acids is 1. The van der Waals surface area contributed by atoms with Crippen LogP contribution in [0.1, 0.15) is 37.3 Å². The molecular weight excluding hydrogens is 623 g/mol. The summed E-state index contributed by atoms with van der Waals surface area (Å²) in [6.45, 7) is 8.19. The number of hydrogen-bond donors (Lipinski definition) is 2. The highest BCUT2D eigenvalue weighted by atomic mass is 35.5. The number of methoxy groups -OCH3 is 1. The van der Waals surface area contributed by atoms with Crippen LogP contribution in [0.15, 0.2) is 55.4 Å². The van der Waals surface area contributed by atoms with Crippen LogP contribution in [0.2, 0.25) is 5.02 Å². The number of fused-ring (bicyclic) bond motifs is 2. The Bertz CT molecular complexity index is 1650. The van der Waals surface area contributed by atoms with E-state index in [2.05, 4.69) is 48.9 Å². The molecule has 3 atom stereocenters. The fourth-order valence-electron chi connectivity index (χ4n) is 7.55. The molecule has 3 aromatic rings. The van der Waals surface area contributed by atoms with Crippen molar-refractivity contribution < 1.29 is 18.8 Å². The van der Waals surface area contributed by atoms with Crippen LogP contribution < -0.4 is 25.3 Å². The summed E-state index contributed by atoms with van der Waals surface area (Å²) in [7, 11) is 3.86. The highest BCUT2D eigenvalue weighted by molar-refractivity contribution is 6.30. The summed E-state index contributed by atoms with van der Waals surface area (Å²) in [5, 5.41) is 8.09. The standard InChI is InChI=1S/C34H40ClFN8O3/c1-4-34(45)40-27-15-28(31(46-3)16-30(27)42-10-7-22(8-11-42)43-19-23-14-24(43)18-41(23)2)39-32-17-33(38-20-37-32)44-29(9-12-47-44)21-5-6-25(35)26(36)13-21/h4-6,13,15-17,20,22-24,29H,1,7-12,14,18-19H2,2-3H3,(H,40,45)(H,37,38,39)/t23-,24-,29+/m0/s1. The van der Waals surface area contributed by atoms with Crippen molar-refractivity contribution >= 4 is 46.2 Å². The van der Waals surface area contributed by atoms with Crippen LogP contribution in [0.3, 0.4) is 0 Å². The fourth-order valence-corrected chi connectivity index (χ4v) is 7.67. The zero-order valence-electron chi connectivity index (χ0n) is 26.7. The van der Waals surface area contributed by atoms with Crippen molar-refractivity contribution in [2.45, 2.75) is 49.9 Å². The molecule has 1 amide bonds. The van der Waals surface area contributed by atoms with E-state index in [0.29, 0.717) is 59.9 Å². The number of hydrogen-bond acceptors (Lipinski definition) is 10. The summed E-state index contributed by atoms with van der Waals surface area (Å²) in [5.41, 5.74) is 2.91. The third kappa shape index (κ3) is 6.34. The molecule has 2 aromatic carbocycles. The van der Waals surface area contributed by atoms with Crippen LogP contribution in [-0.2, 0) is 9.63 Å². The molecule has 0 unspecified atom stereocenters. The van der Waals surface area contributed by atoms with Gasteiger partial charge in [0.05, 0.1) is 41.8 Å². The summed E-state index contributed by atoms with van der Waals surface area (Å²) in [6, 6.07) is 12.0. The number of ether oxygens (including phenoxy) is 1. The molecule has 0 radical (unpaired) electrons. The van der Waals surface area contributed by atoms with Crippen molar-refractivity contribution in [3.8, 4) is 5.75 Å². The number of nitrogens with one attached hydrogen (secondary N) is 2. The molecule has 248 valence electrons. The first-order valence-electron chi connectivity index (χ1n) is 16.1. The van der Waals surface area contributed by atoms with Gasteiger partial charge in [0.25, 0.3) is 0 Å². The van der Waals surface area contributed by atoms with Gasteiger partial charge in [-0.05, 0) is 56.1 Å². The molecule has 4 aliphatic rings. The maximum atomic E-state index is 14.3. The number of carbonyl (C=O) groups is 1. The zero-order chi connectivity index (χ0) is 32.7. The lowest BCUT2D eigenvalue weighted by Gasteiger charge is -2.43. The minimum Gasteiger partial charge on any atom is -0.494 e. The molecule has 2 N–H and O–H groups in total. The number of anilines is 5. The second-order valence-electron chi connectivity index (χ2n) is 12.7. The summed E-state index contributed by atoms with van der Waals surface area (Å²) < 4.78 is 20.1. The van der Waals surface area contributed by atoms with Crippen molar-refractivity contribution in [3.05, 3.63) is 71.8 Å². The van der Waals surface area contributed by atoms with Crippen LogP contribution >= 0.6 is 11.6 Å². The van der Waals surface area contributed by atoms with Gasteiger partial charge < -0.3 is 25.2 Å². The van der Waals surface area contributed by atoms with Gasteiger partial charge in [0.2, 0.25) is 5.91 Å².